The van der Waals surface area contributed by atoms with Gasteiger partial charge in [-0.1, -0.05) is 31.7 Å². The van der Waals surface area contributed by atoms with Gasteiger partial charge in [-0.2, -0.15) is 0 Å². The molecule has 2 N–H and O–H groups in total. The molecule has 0 aromatic heterocycles. The highest BCUT2D eigenvalue weighted by molar-refractivity contribution is 5.76. The van der Waals surface area contributed by atoms with E-state index in [1.807, 2.05) is 12.1 Å². The standard InChI is InChI=1S/C14H17NO3/c1-3-11-4-6-12(7-5-11)18-14(17)9-10(2)8-13(15)16/h3-7,10H,1,8-9H2,2H3,(H2,15,16). The third kappa shape index (κ3) is 4.82. The maximum absolute atomic E-state index is 11.6. The Hall–Kier alpha value is -2.10. The number of amides is 1. The Morgan fingerprint density at radius 2 is 1.94 bits per heavy atom. The van der Waals surface area contributed by atoms with Gasteiger partial charge in [0.1, 0.15) is 5.75 Å². The minimum atomic E-state index is -0.411. The SMILES string of the molecule is C=Cc1ccc(OC(=O)CC(C)CC(N)=O)cc1. The fraction of sp³-hybridized carbons (Fsp3) is 0.286. The van der Waals surface area contributed by atoms with Crippen LogP contribution >= 0.6 is 0 Å². The second-order valence-electron chi connectivity index (χ2n) is 4.23. The largest absolute Gasteiger partial charge is 0.427 e. The quantitative estimate of drug-likeness (QED) is 0.618. The maximum atomic E-state index is 11.6. The Kier molecular flexibility index (Phi) is 5.11. The van der Waals surface area contributed by atoms with Crippen molar-refractivity contribution >= 4 is 18.0 Å². The molecule has 0 aliphatic heterocycles. The zero-order valence-corrected chi connectivity index (χ0v) is 10.4. The smallest absolute Gasteiger partial charge is 0.311 e. The molecular weight excluding hydrogens is 230 g/mol. The van der Waals surface area contributed by atoms with Crippen molar-refractivity contribution in [2.45, 2.75) is 19.8 Å². The topological polar surface area (TPSA) is 69.4 Å². The van der Waals surface area contributed by atoms with Crippen molar-refractivity contribution in [2.75, 3.05) is 0 Å². The van der Waals surface area contributed by atoms with Crippen LogP contribution in [0.5, 0.6) is 5.75 Å². The first-order chi connectivity index (χ1) is 8.51. The Morgan fingerprint density at radius 1 is 1.33 bits per heavy atom. The highest BCUT2D eigenvalue weighted by atomic mass is 16.5. The van der Waals surface area contributed by atoms with Crippen molar-refractivity contribution in [2.24, 2.45) is 11.7 Å². The molecule has 0 bridgehead atoms. The lowest BCUT2D eigenvalue weighted by Crippen LogP contribution is -2.18. The van der Waals surface area contributed by atoms with E-state index >= 15 is 0 Å². The number of carbonyl (C=O) groups excluding carboxylic acids is 2. The van der Waals surface area contributed by atoms with Crippen LogP contribution in [-0.4, -0.2) is 11.9 Å². The average molecular weight is 247 g/mol. The molecule has 4 nitrogen and oxygen atoms in total. The normalized spacial score (nSPS) is 11.6. The number of primary amides is 1. The molecule has 0 saturated carbocycles. The number of esters is 1. The molecule has 1 amide bonds. The summed E-state index contributed by atoms with van der Waals surface area (Å²) in [7, 11) is 0. The first-order valence-corrected chi connectivity index (χ1v) is 5.72. The van der Waals surface area contributed by atoms with Crippen molar-refractivity contribution in [3.8, 4) is 5.75 Å². The first kappa shape index (κ1) is 14.0. The number of hydrogen-bond donors (Lipinski definition) is 1. The van der Waals surface area contributed by atoms with E-state index in [2.05, 4.69) is 6.58 Å². The van der Waals surface area contributed by atoms with Crippen molar-refractivity contribution in [3.05, 3.63) is 36.4 Å². The number of rotatable bonds is 6. The van der Waals surface area contributed by atoms with Gasteiger partial charge in [-0.25, -0.2) is 0 Å². The van der Waals surface area contributed by atoms with Crippen LogP contribution in [0.1, 0.15) is 25.3 Å². The molecule has 1 rings (SSSR count). The third-order valence-corrected chi connectivity index (χ3v) is 2.41. The van der Waals surface area contributed by atoms with Gasteiger partial charge in [0.25, 0.3) is 0 Å². The third-order valence-electron chi connectivity index (χ3n) is 2.41. The summed E-state index contributed by atoms with van der Waals surface area (Å²) < 4.78 is 5.14. The first-order valence-electron chi connectivity index (χ1n) is 5.72. The second kappa shape index (κ2) is 6.59. The van der Waals surface area contributed by atoms with Gasteiger partial charge in [0.05, 0.1) is 0 Å². The molecule has 0 saturated heterocycles. The summed E-state index contributed by atoms with van der Waals surface area (Å²) in [5.74, 6) is -0.403. The van der Waals surface area contributed by atoms with E-state index in [9.17, 15) is 9.59 Å². The van der Waals surface area contributed by atoms with Crippen LogP contribution < -0.4 is 10.5 Å². The summed E-state index contributed by atoms with van der Waals surface area (Å²) in [5, 5.41) is 0. The second-order valence-corrected chi connectivity index (χ2v) is 4.23. The highest BCUT2D eigenvalue weighted by Crippen LogP contribution is 2.15. The Balaban J connectivity index is 2.48. The summed E-state index contributed by atoms with van der Waals surface area (Å²) in [6, 6.07) is 7.02. The lowest BCUT2D eigenvalue weighted by Gasteiger charge is -2.09. The summed E-state index contributed by atoms with van der Waals surface area (Å²) in [6.07, 6.45) is 2.07. The van der Waals surface area contributed by atoms with Crippen molar-refractivity contribution in [1.82, 2.24) is 0 Å². The summed E-state index contributed by atoms with van der Waals surface area (Å²) in [4.78, 5) is 22.2. The highest BCUT2D eigenvalue weighted by Gasteiger charge is 2.13. The van der Waals surface area contributed by atoms with Gasteiger partial charge in [-0.3, -0.25) is 9.59 Å². The van der Waals surface area contributed by atoms with Crippen LogP contribution in [0.3, 0.4) is 0 Å². The molecule has 0 fully saturated rings. The van der Waals surface area contributed by atoms with Crippen LogP contribution in [0, 0.1) is 5.92 Å². The van der Waals surface area contributed by atoms with E-state index in [1.165, 1.54) is 0 Å². The minimum Gasteiger partial charge on any atom is -0.427 e. The number of benzene rings is 1. The molecule has 1 aromatic carbocycles. The van der Waals surface area contributed by atoms with Crippen LogP contribution in [0.15, 0.2) is 30.8 Å². The average Bonchev–Trinajstić information content (AvgIpc) is 2.28. The summed E-state index contributed by atoms with van der Waals surface area (Å²) >= 11 is 0. The maximum Gasteiger partial charge on any atom is 0.311 e. The Morgan fingerprint density at radius 3 is 2.44 bits per heavy atom. The van der Waals surface area contributed by atoms with Gasteiger partial charge in [0, 0.05) is 12.8 Å². The van der Waals surface area contributed by atoms with Gasteiger partial charge in [0.15, 0.2) is 0 Å². The molecule has 1 unspecified atom stereocenters. The number of hydrogen-bond acceptors (Lipinski definition) is 3. The van der Waals surface area contributed by atoms with Gasteiger partial charge in [-0.05, 0) is 23.6 Å². The number of carbonyl (C=O) groups is 2. The lowest BCUT2D eigenvalue weighted by molar-refractivity contribution is -0.135. The van der Waals surface area contributed by atoms with Gasteiger partial charge < -0.3 is 10.5 Å². The summed E-state index contributed by atoms with van der Waals surface area (Å²) in [5.41, 5.74) is 6.01. The number of nitrogens with two attached hydrogens (primary N) is 1. The van der Waals surface area contributed by atoms with Crippen LogP contribution in [0.25, 0.3) is 6.08 Å². The van der Waals surface area contributed by atoms with E-state index in [0.29, 0.717) is 5.75 Å². The molecule has 0 aliphatic carbocycles. The zero-order valence-electron chi connectivity index (χ0n) is 10.4. The van der Waals surface area contributed by atoms with Crippen LogP contribution in [0.4, 0.5) is 0 Å². The monoisotopic (exact) mass is 247 g/mol. The molecule has 96 valence electrons. The van der Waals surface area contributed by atoms with Crippen LogP contribution in [0.2, 0.25) is 0 Å². The predicted octanol–water partition coefficient (Wildman–Crippen LogP) is 2.14. The van der Waals surface area contributed by atoms with E-state index < -0.39 is 5.91 Å². The molecule has 0 radical (unpaired) electrons. The lowest BCUT2D eigenvalue weighted by atomic mass is 10.0. The van der Waals surface area contributed by atoms with Gasteiger partial charge >= 0.3 is 5.97 Å². The molecule has 1 atom stereocenters. The molecule has 0 spiro atoms. The zero-order chi connectivity index (χ0) is 13.5. The van der Waals surface area contributed by atoms with Gasteiger partial charge in [0.2, 0.25) is 5.91 Å². The van der Waals surface area contributed by atoms with E-state index in [1.54, 1.807) is 25.1 Å². The van der Waals surface area contributed by atoms with Crippen molar-refractivity contribution in [1.29, 1.82) is 0 Å². The van der Waals surface area contributed by atoms with E-state index in [0.717, 1.165) is 5.56 Å². The fourth-order valence-electron chi connectivity index (χ4n) is 1.55. The Labute approximate surface area is 106 Å². The Bertz CT molecular complexity index is 437. The van der Waals surface area contributed by atoms with E-state index in [4.69, 9.17) is 10.5 Å². The molecule has 1 aromatic rings. The molecule has 0 aliphatic rings. The van der Waals surface area contributed by atoms with Crippen LogP contribution in [-0.2, 0) is 9.59 Å². The molecule has 4 heteroatoms. The number of ether oxygens (including phenoxy) is 1. The van der Waals surface area contributed by atoms with E-state index in [-0.39, 0.29) is 24.7 Å². The van der Waals surface area contributed by atoms with Crippen molar-refractivity contribution < 1.29 is 14.3 Å². The van der Waals surface area contributed by atoms with Crippen molar-refractivity contribution in [3.63, 3.8) is 0 Å². The predicted molar refractivity (Wildman–Crippen MR) is 69.8 cm³/mol. The van der Waals surface area contributed by atoms with Gasteiger partial charge in [-0.15, -0.1) is 0 Å². The molecular formula is C14H17NO3. The molecule has 0 heterocycles. The minimum absolute atomic E-state index is 0.109. The fourth-order valence-corrected chi connectivity index (χ4v) is 1.55. The molecule has 18 heavy (non-hydrogen) atoms. The summed E-state index contributed by atoms with van der Waals surface area (Å²) in [6.45, 7) is 5.42.